The number of fused-ring (bicyclic) bond motifs is 1. The Morgan fingerprint density at radius 2 is 2.12 bits per heavy atom. The van der Waals surface area contributed by atoms with Crippen LogP contribution in [0.25, 0.3) is 0 Å². The third kappa shape index (κ3) is 3.40. The maximum Gasteiger partial charge on any atom is 0.311 e. The van der Waals surface area contributed by atoms with Gasteiger partial charge >= 0.3 is 5.69 Å². The van der Waals surface area contributed by atoms with Crippen LogP contribution in [0.15, 0.2) is 36.4 Å². The number of aryl methyl sites for hydroxylation is 1. The zero-order chi connectivity index (χ0) is 18.0. The number of nitrogens with zero attached hydrogens (tertiary/aromatic N) is 2. The van der Waals surface area contributed by atoms with Crippen LogP contribution in [0.5, 0.6) is 5.75 Å². The zero-order valence-corrected chi connectivity index (χ0v) is 14.1. The second-order valence-corrected chi connectivity index (χ2v) is 5.94. The number of anilines is 2. The van der Waals surface area contributed by atoms with E-state index in [0.717, 1.165) is 18.7 Å². The van der Waals surface area contributed by atoms with Crippen molar-refractivity contribution < 1.29 is 14.5 Å². The van der Waals surface area contributed by atoms with E-state index in [9.17, 15) is 14.9 Å². The van der Waals surface area contributed by atoms with E-state index in [1.807, 2.05) is 23.1 Å². The van der Waals surface area contributed by atoms with Crippen LogP contribution in [0.1, 0.15) is 11.1 Å². The largest absolute Gasteiger partial charge is 0.490 e. The first kappa shape index (κ1) is 16.8. The fourth-order valence-electron chi connectivity index (χ4n) is 3.05. The highest BCUT2D eigenvalue weighted by atomic mass is 16.6. The minimum atomic E-state index is -0.501. The number of ether oxygens (including phenoxy) is 1. The number of para-hydroxylation sites is 1. The molecule has 1 aliphatic heterocycles. The lowest BCUT2D eigenvalue weighted by atomic mass is 10.1. The number of carbonyl (C=O) groups excluding carboxylic acids is 1. The van der Waals surface area contributed by atoms with Crippen LogP contribution in [0.3, 0.4) is 0 Å². The number of carbonyl (C=O) groups is 1. The Kier molecular flexibility index (Phi) is 4.56. The summed E-state index contributed by atoms with van der Waals surface area (Å²) in [5.41, 5.74) is 3.33. The Bertz CT molecular complexity index is 835. The SMILES string of the molecule is COc1cc(NC(=O)CN2CCc3ccccc32)c(C)cc1[N+](=O)[O-]. The Balaban J connectivity index is 1.75. The Hall–Kier alpha value is -3.09. The molecule has 25 heavy (non-hydrogen) atoms. The highest BCUT2D eigenvalue weighted by molar-refractivity contribution is 5.95. The molecule has 1 heterocycles. The molecule has 3 rings (SSSR count). The molecule has 130 valence electrons. The molecule has 0 saturated heterocycles. The van der Waals surface area contributed by atoms with Crippen molar-refractivity contribution in [1.29, 1.82) is 0 Å². The molecule has 1 amide bonds. The van der Waals surface area contributed by atoms with E-state index in [-0.39, 0.29) is 23.9 Å². The number of benzene rings is 2. The molecule has 7 heteroatoms. The van der Waals surface area contributed by atoms with Gasteiger partial charge in [-0.3, -0.25) is 14.9 Å². The van der Waals surface area contributed by atoms with Crippen molar-refractivity contribution in [2.75, 3.05) is 30.4 Å². The van der Waals surface area contributed by atoms with Gasteiger partial charge in [0.2, 0.25) is 5.91 Å². The van der Waals surface area contributed by atoms with Gasteiger partial charge in [0, 0.05) is 30.1 Å². The molecule has 0 saturated carbocycles. The van der Waals surface area contributed by atoms with Crippen molar-refractivity contribution in [3.8, 4) is 5.75 Å². The van der Waals surface area contributed by atoms with Gasteiger partial charge in [-0.1, -0.05) is 18.2 Å². The summed E-state index contributed by atoms with van der Waals surface area (Å²) in [6.07, 6.45) is 0.924. The summed E-state index contributed by atoms with van der Waals surface area (Å²) in [6.45, 7) is 2.75. The third-order valence-corrected chi connectivity index (χ3v) is 4.31. The van der Waals surface area contributed by atoms with Crippen molar-refractivity contribution >= 4 is 23.0 Å². The van der Waals surface area contributed by atoms with Crippen molar-refractivity contribution in [3.63, 3.8) is 0 Å². The fourth-order valence-corrected chi connectivity index (χ4v) is 3.05. The first-order valence-electron chi connectivity index (χ1n) is 7.95. The molecule has 7 nitrogen and oxygen atoms in total. The van der Waals surface area contributed by atoms with Crippen molar-refractivity contribution in [2.45, 2.75) is 13.3 Å². The van der Waals surface area contributed by atoms with E-state index in [1.54, 1.807) is 6.92 Å². The molecule has 0 atom stereocenters. The van der Waals surface area contributed by atoms with Gasteiger partial charge in [-0.15, -0.1) is 0 Å². The van der Waals surface area contributed by atoms with Gasteiger partial charge in [-0.25, -0.2) is 0 Å². The van der Waals surface area contributed by atoms with Gasteiger partial charge in [0.1, 0.15) is 0 Å². The molecule has 0 aliphatic carbocycles. The highest BCUT2D eigenvalue weighted by Gasteiger charge is 2.22. The lowest BCUT2D eigenvalue weighted by molar-refractivity contribution is -0.385. The number of hydrogen-bond acceptors (Lipinski definition) is 5. The number of hydrogen-bond donors (Lipinski definition) is 1. The van der Waals surface area contributed by atoms with Gasteiger partial charge < -0.3 is 15.0 Å². The first-order chi connectivity index (χ1) is 12.0. The van der Waals surface area contributed by atoms with Crippen molar-refractivity contribution in [2.24, 2.45) is 0 Å². The van der Waals surface area contributed by atoms with E-state index in [4.69, 9.17) is 4.74 Å². The number of amides is 1. The van der Waals surface area contributed by atoms with Crippen LogP contribution in [0, 0.1) is 17.0 Å². The first-order valence-corrected chi connectivity index (χ1v) is 7.95. The predicted molar refractivity (Wildman–Crippen MR) is 95.4 cm³/mol. The summed E-state index contributed by atoms with van der Waals surface area (Å²) in [7, 11) is 1.37. The lowest BCUT2D eigenvalue weighted by Crippen LogP contribution is -2.32. The van der Waals surface area contributed by atoms with E-state index in [1.165, 1.54) is 24.8 Å². The lowest BCUT2D eigenvalue weighted by Gasteiger charge is -2.19. The predicted octanol–water partition coefficient (Wildman–Crippen LogP) is 2.91. The Labute approximate surface area is 145 Å². The molecule has 0 aromatic heterocycles. The monoisotopic (exact) mass is 341 g/mol. The van der Waals surface area contributed by atoms with Crippen LogP contribution in [-0.2, 0) is 11.2 Å². The molecule has 1 aliphatic rings. The molecule has 2 aromatic rings. The number of nitro benzene ring substituents is 1. The molecule has 0 bridgehead atoms. The van der Waals surface area contributed by atoms with Gasteiger partial charge in [-0.05, 0) is 30.5 Å². The van der Waals surface area contributed by atoms with Gasteiger partial charge in [-0.2, -0.15) is 0 Å². The summed E-state index contributed by atoms with van der Waals surface area (Å²) in [5, 5.41) is 13.9. The summed E-state index contributed by atoms with van der Waals surface area (Å²) >= 11 is 0. The second-order valence-electron chi connectivity index (χ2n) is 5.94. The van der Waals surface area contributed by atoms with E-state index >= 15 is 0 Å². The zero-order valence-electron chi connectivity index (χ0n) is 14.1. The maximum absolute atomic E-state index is 12.4. The average molecular weight is 341 g/mol. The van der Waals surface area contributed by atoms with Crippen LogP contribution in [-0.4, -0.2) is 31.0 Å². The number of nitrogens with one attached hydrogen (secondary N) is 1. The molecule has 0 unspecified atom stereocenters. The van der Waals surface area contributed by atoms with Gasteiger partial charge in [0.25, 0.3) is 0 Å². The van der Waals surface area contributed by atoms with Crippen LogP contribution >= 0.6 is 0 Å². The number of rotatable bonds is 5. The van der Waals surface area contributed by atoms with Crippen LogP contribution < -0.4 is 15.0 Å². The summed E-state index contributed by atoms with van der Waals surface area (Å²) in [4.78, 5) is 25.0. The Morgan fingerprint density at radius 3 is 2.84 bits per heavy atom. The molecule has 0 spiro atoms. The van der Waals surface area contributed by atoms with Crippen LogP contribution in [0.2, 0.25) is 0 Å². The van der Waals surface area contributed by atoms with Gasteiger partial charge in [0.05, 0.1) is 18.6 Å². The minimum Gasteiger partial charge on any atom is -0.490 e. The Morgan fingerprint density at radius 1 is 1.36 bits per heavy atom. The molecule has 0 radical (unpaired) electrons. The average Bonchev–Trinajstić information content (AvgIpc) is 2.99. The number of nitro groups is 1. The van der Waals surface area contributed by atoms with Gasteiger partial charge in [0.15, 0.2) is 5.75 Å². The van der Waals surface area contributed by atoms with Crippen molar-refractivity contribution in [1.82, 2.24) is 0 Å². The highest BCUT2D eigenvalue weighted by Crippen LogP contribution is 2.33. The molecule has 2 aromatic carbocycles. The second kappa shape index (κ2) is 6.80. The molecule has 1 N–H and O–H groups in total. The quantitative estimate of drug-likeness (QED) is 0.668. The number of methoxy groups -OCH3 is 1. The fraction of sp³-hybridized carbons (Fsp3) is 0.278. The summed E-state index contributed by atoms with van der Waals surface area (Å²) < 4.78 is 5.06. The normalized spacial score (nSPS) is 12.6. The van der Waals surface area contributed by atoms with Crippen LogP contribution in [0.4, 0.5) is 17.1 Å². The molecular formula is C18H19N3O4. The maximum atomic E-state index is 12.4. The smallest absolute Gasteiger partial charge is 0.311 e. The van der Waals surface area contributed by atoms with E-state index in [2.05, 4.69) is 11.4 Å². The van der Waals surface area contributed by atoms with E-state index < -0.39 is 4.92 Å². The van der Waals surface area contributed by atoms with E-state index in [0.29, 0.717) is 11.3 Å². The third-order valence-electron chi connectivity index (χ3n) is 4.31. The summed E-state index contributed by atoms with van der Waals surface area (Å²) in [5.74, 6) is -0.0480. The summed E-state index contributed by atoms with van der Waals surface area (Å²) in [6, 6.07) is 10.9. The molecular weight excluding hydrogens is 322 g/mol. The molecule has 0 fully saturated rings. The van der Waals surface area contributed by atoms with Crippen molar-refractivity contribution in [3.05, 3.63) is 57.6 Å². The topological polar surface area (TPSA) is 84.7 Å². The standard InChI is InChI=1S/C18H19N3O4/c1-12-9-16(21(23)24)17(25-2)10-14(12)19-18(22)11-20-8-7-13-5-3-4-6-15(13)20/h3-6,9-10H,7-8,11H2,1-2H3,(H,19,22). The minimum absolute atomic E-state index is 0.119.